The molecule has 0 aliphatic rings. The highest BCUT2D eigenvalue weighted by Gasteiger charge is 2.10. The minimum atomic E-state index is 0.660. The number of benzene rings is 2. The molecule has 5 heteroatoms. The maximum atomic E-state index is 6.33. The smallest absolute Gasteiger partial charge is 0.173 e. The van der Waals surface area contributed by atoms with Gasteiger partial charge in [-0.25, -0.2) is 0 Å². The number of thiocarbonyl (C=S) groups is 1. The maximum Gasteiger partial charge on any atom is 0.173 e. The fraction of sp³-hybridized carbons (Fsp3) is 0.278. The third-order valence-electron chi connectivity index (χ3n) is 3.59. The van der Waals surface area contributed by atoms with Crippen LogP contribution in [0.4, 0.5) is 5.69 Å². The summed E-state index contributed by atoms with van der Waals surface area (Å²) in [5.41, 5.74) is 4.34. The van der Waals surface area contributed by atoms with Crippen molar-refractivity contribution in [2.75, 3.05) is 18.6 Å². The lowest BCUT2D eigenvalue weighted by Gasteiger charge is -2.22. The van der Waals surface area contributed by atoms with E-state index in [9.17, 15) is 0 Å². The predicted molar refractivity (Wildman–Crippen MR) is 107 cm³/mol. The molecule has 0 aromatic heterocycles. The van der Waals surface area contributed by atoms with Crippen molar-refractivity contribution in [3.8, 4) is 0 Å². The summed E-state index contributed by atoms with van der Waals surface area (Å²) in [6, 6.07) is 12.6. The average Bonchev–Trinajstić information content (AvgIpc) is 2.51. The Morgan fingerprint density at radius 1 is 1.22 bits per heavy atom. The van der Waals surface area contributed by atoms with Gasteiger partial charge in [-0.15, -0.1) is 11.8 Å². The molecule has 122 valence electrons. The third kappa shape index (κ3) is 4.87. The van der Waals surface area contributed by atoms with Gasteiger partial charge in [-0.2, -0.15) is 0 Å². The number of aryl methyl sites for hydroxylation is 2. The first-order chi connectivity index (χ1) is 10.9. The summed E-state index contributed by atoms with van der Waals surface area (Å²) in [5, 5.41) is 4.63. The van der Waals surface area contributed by atoms with E-state index in [-0.39, 0.29) is 0 Å². The number of hydrogen-bond acceptors (Lipinski definition) is 2. The van der Waals surface area contributed by atoms with Gasteiger partial charge >= 0.3 is 0 Å². The van der Waals surface area contributed by atoms with Crippen molar-refractivity contribution in [3.63, 3.8) is 0 Å². The molecule has 2 aromatic carbocycles. The van der Waals surface area contributed by atoms with Crippen LogP contribution in [0, 0.1) is 13.8 Å². The quantitative estimate of drug-likeness (QED) is 0.568. The highest BCUT2D eigenvalue weighted by atomic mass is 35.5. The summed E-state index contributed by atoms with van der Waals surface area (Å²) in [6.07, 6.45) is 2.08. The van der Waals surface area contributed by atoms with Crippen LogP contribution < -0.4 is 5.32 Å². The van der Waals surface area contributed by atoms with E-state index in [0.717, 1.165) is 23.4 Å². The van der Waals surface area contributed by atoms with Crippen molar-refractivity contribution in [1.82, 2.24) is 4.90 Å². The Morgan fingerprint density at radius 2 is 1.87 bits per heavy atom. The van der Waals surface area contributed by atoms with Crippen molar-refractivity contribution in [2.45, 2.75) is 25.3 Å². The fourth-order valence-corrected chi connectivity index (χ4v) is 3.30. The molecule has 2 nitrogen and oxygen atoms in total. The molecule has 0 saturated heterocycles. The van der Waals surface area contributed by atoms with E-state index >= 15 is 0 Å². The minimum Gasteiger partial charge on any atom is -0.348 e. The van der Waals surface area contributed by atoms with Gasteiger partial charge in [-0.1, -0.05) is 29.8 Å². The van der Waals surface area contributed by atoms with Gasteiger partial charge < -0.3 is 10.2 Å². The van der Waals surface area contributed by atoms with Crippen LogP contribution >= 0.6 is 35.6 Å². The predicted octanol–water partition coefficient (Wildman–Crippen LogP) is 5.51. The average molecular weight is 365 g/mol. The van der Waals surface area contributed by atoms with Crippen LogP contribution in [-0.4, -0.2) is 23.3 Å². The number of thioether (sulfide) groups is 1. The zero-order chi connectivity index (χ0) is 17.0. The van der Waals surface area contributed by atoms with Crippen LogP contribution in [0.5, 0.6) is 0 Å². The molecule has 0 radical (unpaired) electrons. The van der Waals surface area contributed by atoms with Gasteiger partial charge in [0.25, 0.3) is 0 Å². The first kappa shape index (κ1) is 18.1. The highest BCUT2D eigenvalue weighted by Crippen LogP contribution is 2.27. The van der Waals surface area contributed by atoms with E-state index in [4.69, 9.17) is 23.8 Å². The summed E-state index contributed by atoms with van der Waals surface area (Å²) in [7, 11) is 1.98. The van der Waals surface area contributed by atoms with Crippen LogP contribution in [0.3, 0.4) is 0 Å². The van der Waals surface area contributed by atoms with Crippen molar-refractivity contribution in [1.29, 1.82) is 0 Å². The molecule has 0 bridgehead atoms. The lowest BCUT2D eigenvalue weighted by molar-refractivity contribution is 0.508. The van der Waals surface area contributed by atoms with Crippen molar-refractivity contribution < 1.29 is 0 Å². The molecule has 0 aliphatic carbocycles. The minimum absolute atomic E-state index is 0.660. The Labute approximate surface area is 153 Å². The monoisotopic (exact) mass is 364 g/mol. The molecule has 23 heavy (non-hydrogen) atoms. The summed E-state index contributed by atoms with van der Waals surface area (Å²) < 4.78 is 0. The van der Waals surface area contributed by atoms with E-state index in [1.807, 2.05) is 31.9 Å². The second kappa shape index (κ2) is 8.04. The third-order valence-corrected chi connectivity index (χ3v) is 5.04. The molecule has 2 rings (SSSR count). The molecule has 2 aromatic rings. The number of nitrogens with one attached hydrogen (secondary N) is 1. The van der Waals surface area contributed by atoms with Gasteiger partial charge in [0.1, 0.15) is 0 Å². The molecule has 0 unspecified atom stereocenters. The van der Waals surface area contributed by atoms with Crippen LogP contribution in [0.15, 0.2) is 41.3 Å². The van der Waals surface area contributed by atoms with Crippen molar-refractivity contribution in [2.24, 2.45) is 0 Å². The van der Waals surface area contributed by atoms with Crippen LogP contribution in [0.25, 0.3) is 0 Å². The molecule has 1 N–H and O–H groups in total. The van der Waals surface area contributed by atoms with Crippen LogP contribution in [0.2, 0.25) is 5.02 Å². The second-order valence-corrected chi connectivity index (χ2v) is 7.25. The summed E-state index contributed by atoms with van der Waals surface area (Å²) >= 11 is 13.6. The largest absolute Gasteiger partial charge is 0.348 e. The lowest BCUT2D eigenvalue weighted by atomic mass is 10.1. The Balaban J connectivity index is 2.05. The van der Waals surface area contributed by atoms with E-state index in [1.165, 1.54) is 10.5 Å². The molecule has 0 fully saturated rings. The summed E-state index contributed by atoms with van der Waals surface area (Å²) in [4.78, 5) is 3.28. The Bertz CT molecular complexity index is 676. The summed E-state index contributed by atoms with van der Waals surface area (Å²) in [6.45, 7) is 4.82. The van der Waals surface area contributed by atoms with Gasteiger partial charge in [0.05, 0.1) is 10.7 Å². The van der Waals surface area contributed by atoms with Gasteiger partial charge in [0.15, 0.2) is 5.11 Å². The molecule has 0 aliphatic heterocycles. The SMILES string of the molecule is CSc1ccc(CN(C)C(=S)Nc2c(C)cc(C)cc2Cl)cc1. The Morgan fingerprint density at radius 3 is 2.43 bits per heavy atom. The summed E-state index contributed by atoms with van der Waals surface area (Å²) in [5.74, 6) is 0. The van der Waals surface area contributed by atoms with Gasteiger partial charge in [0, 0.05) is 18.5 Å². The van der Waals surface area contributed by atoms with Crippen LogP contribution in [-0.2, 0) is 6.54 Å². The molecule has 0 saturated carbocycles. The number of halogens is 1. The van der Waals surface area contributed by atoms with Crippen LogP contribution in [0.1, 0.15) is 16.7 Å². The van der Waals surface area contributed by atoms with Gasteiger partial charge in [-0.3, -0.25) is 0 Å². The zero-order valence-corrected chi connectivity index (χ0v) is 16.2. The van der Waals surface area contributed by atoms with Gasteiger partial charge in [-0.05, 0) is 67.2 Å². The number of hydrogen-bond donors (Lipinski definition) is 1. The van der Waals surface area contributed by atoms with E-state index in [1.54, 1.807) is 11.8 Å². The molecule has 0 spiro atoms. The zero-order valence-electron chi connectivity index (χ0n) is 13.8. The maximum absolute atomic E-state index is 6.33. The van der Waals surface area contributed by atoms with E-state index in [0.29, 0.717) is 10.1 Å². The molecule has 0 amide bonds. The van der Waals surface area contributed by atoms with Crippen molar-refractivity contribution in [3.05, 3.63) is 58.1 Å². The normalized spacial score (nSPS) is 10.5. The number of nitrogens with zero attached hydrogens (tertiary/aromatic N) is 1. The number of rotatable bonds is 4. The Hall–Kier alpha value is -1.23. The Kier molecular flexibility index (Phi) is 6.33. The first-order valence-electron chi connectivity index (χ1n) is 7.32. The molecular weight excluding hydrogens is 344 g/mol. The van der Waals surface area contributed by atoms with E-state index in [2.05, 4.69) is 41.9 Å². The molecule has 0 atom stereocenters. The second-order valence-electron chi connectivity index (χ2n) is 5.57. The van der Waals surface area contributed by atoms with E-state index < -0.39 is 0 Å². The number of anilines is 1. The van der Waals surface area contributed by atoms with Crippen molar-refractivity contribution >= 4 is 46.4 Å². The highest BCUT2D eigenvalue weighted by molar-refractivity contribution is 7.98. The topological polar surface area (TPSA) is 15.3 Å². The molecule has 0 heterocycles. The molecular formula is C18H21ClN2S2. The van der Waals surface area contributed by atoms with Gasteiger partial charge in [0.2, 0.25) is 0 Å². The lowest BCUT2D eigenvalue weighted by Crippen LogP contribution is -2.30. The first-order valence-corrected chi connectivity index (χ1v) is 9.33. The standard InChI is InChI=1S/C18H21ClN2S2/c1-12-9-13(2)17(16(19)10-12)20-18(22)21(3)11-14-5-7-15(23-4)8-6-14/h5-10H,11H2,1-4H3,(H,20,22). The fourth-order valence-electron chi connectivity index (χ4n) is 2.35.